The molecule has 7 heteroatoms. The molecule has 0 spiro atoms. The number of nitrogens with one attached hydrogen (secondary N) is 1. The van der Waals surface area contributed by atoms with Crippen molar-refractivity contribution in [2.75, 3.05) is 5.32 Å². The van der Waals surface area contributed by atoms with E-state index < -0.39 is 15.8 Å². The molecule has 110 valence electrons. The molecule has 0 saturated heterocycles. The summed E-state index contributed by atoms with van der Waals surface area (Å²) in [6.07, 6.45) is 4.59. The topological polar surface area (TPSA) is 89.3 Å². The third-order valence-corrected chi connectivity index (χ3v) is 4.45. The van der Waals surface area contributed by atoms with Crippen LogP contribution in [-0.2, 0) is 14.8 Å². The van der Waals surface area contributed by atoms with Gasteiger partial charge in [-0.1, -0.05) is 19.3 Å². The number of hydrogen-bond donors (Lipinski definition) is 2. The highest BCUT2D eigenvalue weighted by atomic mass is 32.2. The summed E-state index contributed by atoms with van der Waals surface area (Å²) in [4.78, 5) is 11.8. The number of sulfonamides is 1. The van der Waals surface area contributed by atoms with Gasteiger partial charge in [0.2, 0.25) is 15.9 Å². The van der Waals surface area contributed by atoms with Crippen LogP contribution in [0.4, 0.5) is 10.1 Å². The van der Waals surface area contributed by atoms with Crippen molar-refractivity contribution in [3.05, 3.63) is 24.0 Å². The van der Waals surface area contributed by atoms with Crippen LogP contribution in [0.1, 0.15) is 32.1 Å². The van der Waals surface area contributed by atoms with Gasteiger partial charge in [-0.05, 0) is 31.0 Å². The van der Waals surface area contributed by atoms with E-state index in [4.69, 9.17) is 5.14 Å². The van der Waals surface area contributed by atoms with Gasteiger partial charge in [-0.25, -0.2) is 17.9 Å². The molecule has 1 amide bonds. The molecule has 0 aromatic heterocycles. The molecule has 20 heavy (non-hydrogen) atoms. The standard InChI is InChI=1S/C13H17FN2O3S/c14-10-6-7-12(20(15,18)19)11(8-10)16-13(17)9-4-2-1-3-5-9/h6-9H,1-5H2,(H,16,17)(H2,15,18,19). The predicted octanol–water partition coefficient (Wildman–Crippen LogP) is 1.99. The number of nitrogens with two attached hydrogens (primary N) is 1. The van der Waals surface area contributed by atoms with Crippen molar-refractivity contribution in [2.45, 2.75) is 37.0 Å². The maximum absolute atomic E-state index is 13.2. The molecule has 0 heterocycles. The summed E-state index contributed by atoms with van der Waals surface area (Å²) in [5.74, 6) is -1.06. The Kier molecular flexibility index (Phi) is 4.39. The van der Waals surface area contributed by atoms with Gasteiger partial charge in [-0.2, -0.15) is 0 Å². The van der Waals surface area contributed by atoms with E-state index in [2.05, 4.69) is 5.32 Å². The summed E-state index contributed by atoms with van der Waals surface area (Å²) in [7, 11) is -4.01. The van der Waals surface area contributed by atoms with E-state index in [0.717, 1.165) is 50.3 Å². The predicted molar refractivity (Wildman–Crippen MR) is 73.0 cm³/mol. The normalized spacial score (nSPS) is 16.9. The number of carbonyl (C=O) groups excluding carboxylic acids is 1. The summed E-state index contributed by atoms with van der Waals surface area (Å²) in [6, 6.07) is 3.03. The first-order valence-electron chi connectivity index (χ1n) is 6.51. The highest BCUT2D eigenvalue weighted by Gasteiger charge is 2.23. The zero-order valence-electron chi connectivity index (χ0n) is 10.9. The van der Waals surface area contributed by atoms with Gasteiger partial charge in [-0.3, -0.25) is 4.79 Å². The lowest BCUT2D eigenvalue weighted by Crippen LogP contribution is -2.26. The Morgan fingerprint density at radius 1 is 1.25 bits per heavy atom. The lowest BCUT2D eigenvalue weighted by Gasteiger charge is -2.21. The van der Waals surface area contributed by atoms with Crippen LogP contribution < -0.4 is 10.5 Å². The van der Waals surface area contributed by atoms with Gasteiger partial charge >= 0.3 is 0 Å². The maximum atomic E-state index is 13.2. The summed E-state index contributed by atoms with van der Waals surface area (Å²) in [6.45, 7) is 0. The lowest BCUT2D eigenvalue weighted by molar-refractivity contribution is -0.120. The van der Waals surface area contributed by atoms with Crippen molar-refractivity contribution >= 4 is 21.6 Å². The second-order valence-electron chi connectivity index (χ2n) is 5.01. The summed E-state index contributed by atoms with van der Waals surface area (Å²) >= 11 is 0. The Hall–Kier alpha value is -1.47. The second kappa shape index (κ2) is 5.88. The number of anilines is 1. The van der Waals surface area contributed by atoms with Crippen molar-refractivity contribution in [3.8, 4) is 0 Å². The monoisotopic (exact) mass is 300 g/mol. The summed E-state index contributed by atoms with van der Waals surface area (Å²) < 4.78 is 36.1. The summed E-state index contributed by atoms with van der Waals surface area (Å²) in [5.41, 5.74) is -0.0944. The van der Waals surface area contributed by atoms with E-state index in [-0.39, 0.29) is 22.4 Å². The van der Waals surface area contributed by atoms with Crippen molar-refractivity contribution < 1.29 is 17.6 Å². The highest BCUT2D eigenvalue weighted by Crippen LogP contribution is 2.27. The first kappa shape index (κ1) is 14.9. The number of hydrogen-bond acceptors (Lipinski definition) is 3. The molecule has 0 bridgehead atoms. The fourth-order valence-corrected chi connectivity index (χ4v) is 3.12. The van der Waals surface area contributed by atoms with E-state index in [0.29, 0.717) is 0 Å². The first-order chi connectivity index (χ1) is 9.38. The molecular weight excluding hydrogens is 283 g/mol. The van der Waals surface area contributed by atoms with Crippen LogP contribution in [0.3, 0.4) is 0 Å². The maximum Gasteiger partial charge on any atom is 0.240 e. The Balaban J connectivity index is 2.23. The molecule has 5 nitrogen and oxygen atoms in total. The van der Waals surface area contributed by atoms with Gasteiger partial charge in [0.15, 0.2) is 0 Å². The quantitative estimate of drug-likeness (QED) is 0.894. The Morgan fingerprint density at radius 3 is 2.50 bits per heavy atom. The minimum absolute atomic E-state index is 0.0944. The molecule has 1 aromatic rings. The zero-order valence-corrected chi connectivity index (χ0v) is 11.7. The van der Waals surface area contributed by atoms with E-state index in [1.807, 2.05) is 0 Å². The van der Waals surface area contributed by atoms with Crippen LogP contribution in [0, 0.1) is 11.7 Å². The van der Waals surface area contributed by atoms with E-state index in [1.165, 1.54) is 0 Å². The van der Waals surface area contributed by atoms with Crippen LogP contribution in [0.2, 0.25) is 0 Å². The van der Waals surface area contributed by atoms with Gasteiger partial charge in [0.25, 0.3) is 0 Å². The van der Waals surface area contributed by atoms with Crippen LogP contribution in [0.25, 0.3) is 0 Å². The smallest absolute Gasteiger partial charge is 0.240 e. The zero-order chi connectivity index (χ0) is 14.8. The lowest BCUT2D eigenvalue weighted by atomic mass is 9.88. The van der Waals surface area contributed by atoms with Crippen molar-refractivity contribution in [1.82, 2.24) is 0 Å². The van der Waals surface area contributed by atoms with Gasteiger partial charge < -0.3 is 5.32 Å². The van der Waals surface area contributed by atoms with Gasteiger partial charge in [0.05, 0.1) is 5.69 Å². The molecule has 0 atom stereocenters. The summed E-state index contributed by atoms with van der Waals surface area (Å²) in [5, 5.41) is 7.55. The van der Waals surface area contributed by atoms with E-state index >= 15 is 0 Å². The average Bonchev–Trinajstić information content (AvgIpc) is 2.38. The number of rotatable bonds is 3. The molecule has 2 rings (SSSR count). The Morgan fingerprint density at radius 2 is 1.90 bits per heavy atom. The number of amides is 1. The fraction of sp³-hybridized carbons (Fsp3) is 0.462. The molecule has 0 unspecified atom stereocenters. The van der Waals surface area contributed by atoms with E-state index in [1.54, 1.807) is 0 Å². The third kappa shape index (κ3) is 3.55. The van der Waals surface area contributed by atoms with Gasteiger partial charge in [0, 0.05) is 5.92 Å². The molecule has 0 radical (unpaired) electrons. The van der Waals surface area contributed by atoms with E-state index in [9.17, 15) is 17.6 Å². The molecule has 1 aliphatic carbocycles. The van der Waals surface area contributed by atoms with Gasteiger partial charge in [0.1, 0.15) is 10.7 Å². The van der Waals surface area contributed by atoms with Crippen LogP contribution in [-0.4, -0.2) is 14.3 Å². The van der Waals surface area contributed by atoms with Gasteiger partial charge in [-0.15, -0.1) is 0 Å². The fourth-order valence-electron chi connectivity index (χ4n) is 2.45. The SMILES string of the molecule is NS(=O)(=O)c1ccc(F)cc1NC(=O)C1CCCCC1. The molecule has 1 aliphatic rings. The van der Waals surface area contributed by atoms with Crippen LogP contribution in [0.5, 0.6) is 0 Å². The number of primary sulfonamides is 1. The highest BCUT2D eigenvalue weighted by molar-refractivity contribution is 7.89. The van der Waals surface area contributed by atoms with Crippen LogP contribution >= 0.6 is 0 Å². The van der Waals surface area contributed by atoms with Crippen molar-refractivity contribution in [1.29, 1.82) is 0 Å². The largest absolute Gasteiger partial charge is 0.325 e. The molecule has 1 aromatic carbocycles. The van der Waals surface area contributed by atoms with Crippen molar-refractivity contribution in [2.24, 2.45) is 11.1 Å². The first-order valence-corrected chi connectivity index (χ1v) is 8.06. The molecular formula is C13H17FN2O3S. The number of halogens is 1. The molecule has 3 N–H and O–H groups in total. The number of benzene rings is 1. The molecule has 1 fully saturated rings. The molecule has 1 saturated carbocycles. The van der Waals surface area contributed by atoms with Crippen molar-refractivity contribution in [3.63, 3.8) is 0 Å². The minimum atomic E-state index is -4.01. The average molecular weight is 300 g/mol. The Labute approximate surface area is 117 Å². The minimum Gasteiger partial charge on any atom is -0.325 e. The second-order valence-corrected chi connectivity index (χ2v) is 6.54. The number of carbonyl (C=O) groups is 1. The molecule has 0 aliphatic heterocycles. The Bertz CT molecular complexity index is 610. The van der Waals surface area contributed by atoms with Crippen LogP contribution in [0.15, 0.2) is 23.1 Å². The third-order valence-electron chi connectivity index (χ3n) is 3.48.